The number of nitrogens with zero attached hydrogens (tertiary/aromatic N) is 3. The maximum atomic E-state index is 12.9. The van der Waals surface area contributed by atoms with Gasteiger partial charge in [-0.1, -0.05) is 6.92 Å². The summed E-state index contributed by atoms with van der Waals surface area (Å²) in [5.74, 6) is -2.19. The van der Waals surface area contributed by atoms with Crippen LogP contribution in [0.5, 0.6) is 0 Å². The van der Waals surface area contributed by atoms with Crippen LogP contribution < -0.4 is 21.3 Å². The molecule has 14 nitrogen and oxygen atoms in total. The number of nitrogens with one attached hydrogen (secondary N) is 4. The molecule has 4 N–H and O–H groups in total. The first-order chi connectivity index (χ1) is 18.8. The molecule has 3 rings (SSSR count). The summed E-state index contributed by atoms with van der Waals surface area (Å²) in [6.07, 6.45) is 5.21. The fourth-order valence-electron chi connectivity index (χ4n) is 3.82. The third-order valence-electron chi connectivity index (χ3n) is 5.88. The van der Waals surface area contributed by atoms with Gasteiger partial charge in [-0.15, -0.1) is 0 Å². The summed E-state index contributed by atoms with van der Waals surface area (Å²) in [4.78, 5) is 50.2. The van der Waals surface area contributed by atoms with Crippen molar-refractivity contribution in [2.45, 2.75) is 19.8 Å². The van der Waals surface area contributed by atoms with E-state index in [1.807, 2.05) is 6.92 Å². The zero-order valence-electron chi connectivity index (χ0n) is 22.9. The normalized spacial score (nSPS) is 11.2. The molecule has 4 amide bonds. The molecule has 15 heteroatoms. The Morgan fingerprint density at radius 1 is 0.750 bits per heavy atom. The predicted octanol–water partition coefficient (Wildman–Crippen LogP) is 1.65. The van der Waals surface area contributed by atoms with Crippen molar-refractivity contribution in [2.75, 3.05) is 35.4 Å². The SMILES string of the molecule is CCCNC(=O)c1cc(NC(=O)c2cc(NC(=O)c3cc(NC(=O)CCS(=O)(=O)OC)cn3C)cn2C)cn1C. The Balaban J connectivity index is 1.64. The molecule has 0 spiro atoms. The molecule has 0 saturated heterocycles. The maximum Gasteiger partial charge on any atom is 0.272 e. The molecule has 0 atom stereocenters. The van der Waals surface area contributed by atoms with Gasteiger partial charge < -0.3 is 35.0 Å². The number of hydrogen-bond donors (Lipinski definition) is 4. The minimum Gasteiger partial charge on any atom is -0.351 e. The molecule has 0 aromatic carbocycles. The molecule has 3 aromatic rings. The second-order valence-corrected chi connectivity index (χ2v) is 10.9. The Labute approximate surface area is 231 Å². The third kappa shape index (κ3) is 7.60. The molecule has 0 radical (unpaired) electrons. The van der Waals surface area contributed by atoms with Crippen molar-refractivity contribution in [2.24, 2.45) is 21.1 Å². The van der Waals surface area contributed by atoms with E-state index in [9.17, 15) is 27.6 Å². The van der Waals surface area contributed by atoms with E-state index in [1.165, 1.54) is 22.9 Å². The van der Waals surface area contributed by atoms with Crippen LogP contribution in [0.15, 0.2) is 36.8 Å². The average Bonchev–Trinajstić information content (AvgIpc) is 3.57. The van der Waals surface area contributed by atoms with Crippen LogP contribution >= 0.6 is 0 Å². The molecule has 0 aliphatic heterocycles. The van der Waals surface area contributed by atoms with Crippen LogP contribution in [-0.2, 0) is 40.2 Å². The van der Waals surface area contributed by atoms with Gasteiger partial charge in [0.2, 0.25) is 5.91 Å². The quantitative estimate of drug-likeness (QED) is 0.238. The highest BCUT2D eigenvalue weighted by molar-refractivity contribution is 7.86. The maximum absolute atomic E-state index is 12.9. The minimum atomic E-state index is -3.77. The van der Waals surface area contributed by atoms with Crippen molar-refractivity contribution in [1.82, 2.24) is 19.0 Å². The predicted molar refractivity (Wildman–Crippen MR) is 149 cm³/mol. The molecule has 0 aliphatic rings. The van der Waals surface area contributed by atoms with E-state index >= 15 is 0 Å². The topological polar surface area (TPSA) is 175 Å². The summed E-state index contributed by atoms with van der Waals surface area (Å²) in [5.41, 5.74) is 2.00. The first-order valence-electron chi connectivity index (χ1n) is 12.3. The zero-order chi connectivity index (χ0) is 29.6. The summed E-state index contributed by atoms with van der Waals surface area (Å²) < 4.78 is 31.8. The van der Waals surface area contributed by atoms with Gasteiger partial charge in [-0.25, -0.2) is 0 Å². The van der Waals surface area contributed by atoms with Crippen LogP contribution in [0.3, 0.4) is 0 Å². The summed E-state index contributed by atoms with van der Waals surface area (Å²) in [5, 5.41) is 10.8. The van der Waals surface area contributed by atoms with E-state index in [0.717, 1.165) is 13.5 Å². The highest BCUT2D eigenvalue weighted by atomic mass is 32.2. The average molecular weight is 576 g/mol. The number of hydrogen-bond acceptors (Lipinski definition) is 7. The van der Waals surface area contributed by atoms with Gasteiger partial charge in [-0.3, -0.25) is 23.4 Å². The highest BCUT2D eigenvalue weighted by Crippen LogP contribution is 2.20. The third-order valence-corrected chi connectivity index (χ3v) is 7.09. The van der Waals surface area contributed by atoms with Crippen molar-refractivity contribution in [1.29, 1.82) is 0 Å². The summed E-state index contributed by atoms with van der Waals surface area (Å²) in [6.45, 7) is 2.50. The molecule has 3 heterocycles. The van der Waals surface area contributed by atoms with Gasteiger partial charge in [0.15, 0.2) is 0 Å². The Morgan fingerprint density at radius 3 is 1.60 bits per heavy atom. The van der Waals surface area contributed by atoms with E-state index in [-0.39, 0.29) is 23.7 Å². The van der Waals surface area contributed by atoms with E-state index in [4.69, 9.17) is 0 Å². The van der Waals surface area contributed by atoms with Crippen LogP contribution in [0.2, 0.25) is 0 Å². The van der Waals surface area contributed by atoms with E-state index in [1.54, 1.807) is 48.7 Å². The van der Waals surface area contributed by atoms with Crippen molar-refractivity contribution < 1.29 is 31.8 Å². The van der Waals surface area contributed by atoms with E-state index < -0.39 is 33.6 Å². The number of anilines is 3. The van der Waals surface area contributed by atoms with Gasteiger partial charge in [-0.05, 0) is 24.6 Å². The highest BCUT2D eigenvalue weighted by Gasteiger charge is 2.19. The molecular formula is C25H33N7O7S. The Morgan fingerprint density at radius 2 is 1.18 bits per heavy atom. The number of aromatic nitrogens is 3. The van der Waals surface area contributed by atoms with Gasteiger partial charge in [-0.2, -0.15) is 8.42 Å². The second kappa shape index (κ2) is 12.7. The molecule has 0 aliphatic carbocycles. The fourth-order valence-corrected chi connectivity index (χ4v) is 4.42. The molecule has 0 bridgehead atoms. The molecule has 3 aromatic heterocycles. The van der Waals surface area contributed by atoms with Gasteiger partial charge in [0, 0.05) is 52.7 Å². The molecule has 0 fully saturated rings. The van der Waals surface area contributed by atoms with Crippen LogP contribution in [0.1, 0.15) is 51.2 Å². The molecule has 0 saturated carbocycles. The number of amides is 4. The monoisotopic (exact) mass is 575 g/mol. The van der Waals surface area contributed by atoms with Gasteiger partial charge in [0.05, 0.1) is 29.9 Å². The molecule has 40 heavy (non-hydrogen) atoms. The lowest BCUT2D eigenvalue weighted by Gasteiger charge is -2.03. The van der Waals surface area contributed by atoms with Crippen molar-refractivity contribution in [3.63, 3.8) is 0 Å². The van der Waals surface area contributed by atoms with E-state index in [0.29, 0.717) is 29.3 Å². The van der Waals surface area contributed by atoms with Gasteiger partial charge >= 0.3 is 0 Å². The smallest absolute Gasteiger partial charge is 0.272 e. The van der Waals surface area contributed by atoms with Gasteiger partial charge in [0.1, 0.15) is 17.1 Å². The van der Waals surface area contributed by atoms with Crippen molar-refractivity contribution >= 4 is 50.8 Å². The molecular weight excluding hydrogens is 542 g/mol. The number of aryl methyl sites for hydroxylation is 3. The Kier molecular flexibility index (Phi) is 9.55. The Bertz CT molecular complexity index is 1530. The lowest BCUT2D eigenvalue weighted by atomic mass is 10.3. The summed E-state index contributed by atoms with van der Waals surface area (Å²) in [7, 11) is 2.22. The largest absolute Gasteiger partial charge is 0.351 e. The van der Waals surface area contributed by atoms with Crippen LogP contribution in [0.25, 0.3) is 0 Å². The summed E-state index contributed by atoms with van der Waals surface area (Å²) in [6, 6.07) is 4.53. The zero-order valence-corrected chi connectivity index (χ0v) is 23.7. The fraction of sp³-hybridized carbons (Fsp3) is 0.360. The van der Waals surface area contributed by atoms with Crippen molar-refractivity contribution in [3.05, 3.63) is 53.9 Å². The molecule has 216 valence electrons. The summed E-state index contributed by atoms with van der Waals surface area (Å²) >= 11 is 0. The number of carbonyl (C=O) groups is 4. The lowest BCUT2D eigenvalue weighted by molar-refractivity contribution is -0.115. The van der Waals surface area contributed by atoms with Crippen LogP contribution in [0.4, 0.5) is 17.1 Å². The standard InChI is InChI=1S/C25H33N7O7S/c1-6-8-26-23(34)19-11-17(14-30(19)2)28-25(36)21-12-18(15-32(21)4)29-24(35)20-10-16(13-31(20)3)27-22(33)7-9-40(37,38)39-5/h10-15H,6-9H2,1-5H3,(H,26,34)(H,27,33)(H,28,36)(H,29,35). The van der Waals surface area contributed by atoms with Crippen molar-refractivity contribution in [3.8, 4) is 0 Å². The van der Waals surface area contributed by atoms with Crippen LogP contribution in [0, 0.1) is 0 Å². The minimum absolute atomic E-state index is 0.216. The molecule has 0 unspecified atom stereocenters. The Hall–Kier alpha value is -4.37. The number of rotatable bonds is 12. The first kappa shape index (κ1) is 30.2. The second-order valence-electron chi connectivity index (χ2n) is 9.07. The van der Waals surface area contributed by atoms with Gasteiger partial charge in [0.25, 0.3) is 27.8 Å². The number of carbonyl (C=O) groups excluding carboxylic acids is 4. The lowest BCUT2D eigenvalue weighted by Crippen LogP contribution is -2.25. The van der Waals surface area contributed by atoms with Crippen LogP contribution in [-0.4, -0.2) is 65.2 Å². The first-order valence-corrected chi connectivity index (χ1v) is 13.9. The van der Waals surface area contributed by atoms with E-state index in [2.05, 4.69) is 25.5 Å².